The Balaban J connectivity index is 1.75. The number of halogens is 3. The van der Waals surface area contributed by atoms with E-state index < -0.39 is 11.2 Å². The van der Waals surface area contributed by atoms with Gasteiger partial charge in [-0.05, 0) is 35.4 Å². The molecule has 6 nitrogen and oxygen atoms in total. The van der Waals surface area contributed by atoms with Crippen molar-refractivity contribution in [2.24, 2.45) is 14.1 Å². The van der Waals surface area contributed by atoms with Crippen LogP contribution in [0.1, 0.15) is 11.1 Å². The molecule has 0 aliphatic heterocycles. The van der Waals surface area contributed by atoms with Crippen molar-refractivity contribution in [3.8, 4) is 0 Å². The van der Waals surface area contributed by atoms with Gasteiger partial charge in [0.15, 0.2) is 16.3 Å². The molecule has 0 amide bonds. The zero-order valence-corrected chi connectivity index (χ0v) is 18.9. The highest BCUT2D eigenvalue weighted by Crippen LogP contribution is 2.25. The molecule has 0 N–H and O–H groups in total. The summed E-state index contributed by atoms with van der Waals surface area (Å²) in [4.78, 5) is 30.6. The van der Waals surface area contributed by atoms with Crippen LogP contribution in [0.2, 0.25) is 10.0 Å². The van der Waals surface area contributed by atoms with Crippen LogP contribution in [0.3, 0.4) is 0 Å². The van der Waals surface area contributed by atoms with Gasteiger partial charge in [0.05, 0.1) is 6.54 Å². The fourth-order valence-electron chi connectivity index (χ4n) is 3.24. The van der Waals surface area contributed by atoms with Crippen LogP contribution in [0.4, 0.5) is 4.39 Å². The minimum atomic E-state index is -0.489. The molecule has 0 spiro atoms. The highest BCUT2D eigenvalue weighted by Gasteiger charge is 2.19. The Morgan fingerprint density at radius 2 is 1.74 bits per heavy atom. The number of hydrogen-bond acceptors (Lipinski definition) is 4. The maximum atomic E-state index is 13.2. The molecule has 0 bridgehead atoms. The molecule has 0 aliphatic carbocycles. The van der Waals surface area contributed by atoms with Crippen LogP contribution in [0.25, 0.3) is 11.2 Å². The number of aryl methyl sites for hydroxylation is 2. The molecule has 4 rings (SSSR count). The first kappa shape index (κ1) is 21.7. The van der Waals surface area contributed by atoms with E-state index in [2.05, 4.69) is 4.98 Å². The van der Waals surface area contributed by atoms with E-state index in [1.54, 1.807) is 49.0 Å². The fraction of sp³-hybridized carbons (Fsp3) is 0.190. The van der Waals surface area contributed by atoms with Gasteiger partial charge in [0.1, 0.15) is 5.82 Å². The number of fused-ring (bicyclic) bond motifs is 1. The molecular weight excluding hydrogens is 462 g/mol. The molecule has 0 saturated heterocycles. The maximum absolute atomic E-state index is 13.2. The maximum Gasteiger partial charge on any atom is 0.332 e. The van der Waals surface area contributed by atoms with E-state index in [0.29, 0.717) is 37.7 Å². The van der Waals surface area contributed by atoms with Gasteiger partial charge in [-0.2, -0.15) is 0 Å². The molecule has 0 radical (unpaired) electrons. The van der Waals surface area contributed by atoms with E-state index in [4.69, 9.17) is 23.2 Å². The van der Waals surface area contributed by atoms with Crippen LogP contribution in [-0.2, 0) is 26.4 Å². The summed E-state index contributed by atoms with van der Waals surface area (Å²) in [6, 6.07) is 11.1. The number of nitrogens with zero attached hydrogens (tertiary/aromatic N) is 4. The first-order valence-corrected chi connectivity index (χ1v) is 11.0. The first-order valence-electron chi connectivity index (χ1n) is 9.23. The van der Waals surface area contributed by atoms with Crippen molar-refractivity contribution >= 4 is 46.1 Å². The molecule has 10 heteroatoms. The number of thioether (sulfide) groups is 1. The molecule has 2 aromatic heterocycles. The molecule has 0 atom stereocenters. The van der Waals surface area contributed by atoms with E-state index in [-0.39, 0.29) is 12.4 Å². The Kier molecular flexibility index (Phi) is 5.96. The van der Waals surface area contributed by atoms with Gasteiger partial charge in [0, 0.05) is 29.9 Å². The van der Waals surface area contributed by atoms with Crippen molar-refractivity contribution in [2.75, 3.05) is 0 Å². The molecular formula is C21H17Cl2FN4O2S. The summed E-state index contributed by atoms with van der Waals surface area (Å²) in [5.41, 5.74) is 1.20. The van der Waals surface area contributed by atoms with E-state index in [0.717, 1.165) is 10.1 Å². The molecule has 0 fully saturated rings. The third-order valence-corrected chi connectivity index (χ3v) is 6.63. The molecule has 2 aromatic carbocycles. The fourth-order valence-corrected chi connectivity index (χ4v) is 4.63. The summed E-state index contributed by atoms with van der Waals surface area (Å²) in [5.74, 6) is 0.243. The third kappa shape index (κ3) is 4.15. The van der Waals surface area contributed by atoms with Gasteiger partial charge < -0.3 is 4.57 Å². The van der Waals surface area contributed by atoms with E-state index in [9.17, 15) is 14.0 Å². The molecule has 2 heterocycles. The Morgan fingerprint density at radius 1 is 1.03 bits per heavy atom. The van der Waals surface area contributed by atoms with Crippen LogP contribution in [0.15, 0.2) is 57.2 Å². The molecule has 0 unspecified atom stereocenters. The summed E-state index contributed by atoms with van der Waals surface area (Å²) >= 11 is 13.6. The zero-order valence-electron chi connectivity index (χ0n) is 16.6. The first-order chi connectivity index (χ1) is 14.8. The summed E-state index contributed by atoms with van der Waals surface area (Å²) in [5, 5.41) is 1.43. The number of rotatable bonds is 5. The monoisotopic (exact) mass is 478 g/mol. The van der Waals surface area contributed by atoms with Crippen molar-refractivity contribution in [2.45, 2.75) is 17.5 Å². The van der Waals surface area contributed by atoms with Crippen LogP contribution in [-0.4, -0.2) is 18.7 Å². The number of benzene rings is 2. The zero-order chi connectivity index (χ0) is 22.3. The van der Waals surface area contributed by atoms with Crippen LogP contribution < -0.4 is 11.2 Å². The minimum absolute atomic E-state index is 0.0146. The third-order valence-electron chi connectivity index (χ3n) is 4.94. The topological polar surface area (TPSA) is 61.8 Å². The van der Waals surface area contributed by atoms with Crippen molar-refractivity contribution in [1.82, 2.24) is 18.7 Å². The summed E-state index contributed by atoms with van der Waals surface area (Å²) in [6.45, 7) is 0.0146. The van der Waals surface area contributed by atoms with Crippen LogP contribution in [0.5, 0.6) is 0 Å². The summed E-state index contributed by atoms with van der Waals surface area (Å²) in [7, 11) is 3.30. The highest BCUT2D eigenvalue weighted by molar-refractivity contribution is 7.98. The quantitative estimate of drug-likeness (QED) is 0.403. The van der Waals surface area contributed by atoms with E-state index in [1.807, 2.05) is 0 Å². The Labute approximate surface area is 190 Å². The standard InChI is InChI=1S/C21H17Cl2FN4O2S/c1-26-17-18(25-20(26)31-11-12-3-7-15(24)8-4-12)27(2)21(30)28(19(17)29)10-13-5-6-14(22)9-16(13)23/h3-9H,10-11H2,1-2H3. The van der Waals surface area contributed by atoms with Crippen molar-refractivity contribution in [3.63, 3.8) is 0 Å². The van der Waals surface area contributed by atoms with E-state index in [1.165, 1.54) is 28.5 Å². The lowest BCUT2D eigenvalue weighted by Crippen LogP contribution is -2.39. The second kappa shape index (κ2) is 8.53. The van der Waals surface area contributed by atoms with E-state index >= 15 is 0 Å². The van der Waals surface area contributed by atoms with Crippen molar-refractivity contribution < 1.29 is 4.39 Å². The van der Waals surface area contributed by atoms with Gasteiger partial charge in [-0.3, -0.25) is 13.9 Å². The summed E-state index contributed by atoms with van der Waals surface area (Å²) < 4.78 is 17.3. The SMILES string of the molecule is Cn1c(SCc2ccc(F)cc2)nc2c1c(=O)n(Cc1ccc(Cl)cc1Cl)c(=O)n2C. The molecule has 31 heavy (non-hydrogen) atoms. The Morgan fingerprint density at radius 3 is 2.42 bits per heavy atom. The highest BCUT2D eigenvalue weighted by atomic mass is 35.5. The number of aromatic nitrogens is 4. The van der Waals surface area contributed by atoms with Gasteiger partial charge in [0.2, 0.25) is 0 Å². The Bertz CT molecular complexity index is 1410. The number of imidazole rings is 1. The average molecular weight is 479 g/mol. The van der Waals surface area contributed by atoms with Crippen molar-refractivity contribution in [3.05, 3.63) is 90.3 Å². The second-order valence-electron chi connectivity index (χ2n) is 7.01. The van der Waals surface area contributed by atoms with Gasteiger partial charge in [0.25, 0.3) is 5.56 Å². The van der Waals surface area contributed by atoms with Crippen LogP contribution >= 0.6 is 35.0 Å². The predicted molar refractivity (Wildman–Crippen MR) is 122 cm³/mol. The largest absolute Gasteiger partial charge is 0.332 e. The van der Waals surface area contributed by atoms with Gasteiger partial charge in [-0.15, -0.1) is 0 Å². The van der Waals surface area contributed by atoms with Crippen LogP contribution in [0, 0.1) is 5.82 Å². The predicted octanol–water partition coefficient (Wildman–Crippen LogP) is 4.22. The molecule has 0 saturated carbocycles. The lowest BCUT2D eigenvalue weighted by molar-refractivity contribution is 0.627. The van der Waals surface area contributed by atoms with Crippen molar-refractivity contribution in [1.29, 1.82) is 0 Å². The normalized spacial score (nSPS) is 11.4. The van der Waals surface area contributed by atoms with Gasteiger partial charge >= 0.3 is 5.69 Å². The molecule has 4 aromatic rings. The Hall–Kier alpha value is -2.55. The summed E-state index contributed by atoms with van der Waals surface area (Å²) in [6.07, 6.45) is 0. The van der Waals surface area contributed by atoms with Gasteiger partial charge in [-0.1, -0.05) is 53.2 Å². The number of hydrogen-bond donors (Lipinski definition) is 0. The second-order valence-corrected chi connectivity index (χ2v) is 8.80. The van der Waals surface area contributed by atoms with Gasteiger partial charge in [-0.25, -0.2) is 14.2 Å². The average Bonchev–Trinajstić information content (AvgIpc) is 3.07. The smallest absolute Gasteiger partial charge is 0.316 e. The lowest BCUT2D eigenvalue weighted by atomic mass is 10.2. The molecule has 160 valence electrons. The lowest BCUT2D eigenvalue weighted by Gasteiger charge is -2.10. The molecule has 0 aliphatic rings. The minimum Gasteiger partial charge on any atom is -0.316 e.